The predicted octanol–water partition coefficient (Wildman–Crippen LogP) is 1.56. The Balaban J connectivity index is 1.43. The number of nitrogens with one attached hydrogen (secondary N) is 1. The van der Waals surface area contributed by atoms with Crippen molar-refractivity contribution in [1.29, 1.82) is 0 Å². The van der Waals surface area contributed by atoms with E-state index in [1.807, 2.05) is 29.1 Å². The molecule has 2 aliphatic carbocycles. The fourth-order valence-electron chi connectivity index (χ4n) is 3.70. The minimum Gasteiger partial charge on any atom is -0.393 e. The maximum absolute atomic E-state index is 13.0. The Morgan fingerprint density at radius 1 is 1.32 bits per heavy atom. The molecule has 2 aliphatic rings. The first-order chi connectivity index (χ1) is 12.1. The molecule has 2 fully saturated rings. The van der Waals surface area contributed by atoms with Crippen LogP contribution in [0, 0.1) is 11.3 Å². The first-order valence-electron chi connectivity index (χ1n) is 9.00. The van der Waals surface area contributed by atoms with Gasteiger partial charge in [-0.15, -0.1) is 0 Å². The lowest BCUT2D eigenvalue weighted by Crippen LogP contribution is -2.50. The van der Waals surface area contributed by atoms with Crippen molar-refractivity contribution in [2.45, 2.75) is 50.8 Å². The average molecular weight is 340 g/mol. The van der Waals surface area contributed by atoms with Gasteiger partial charge in [-0.05, 0) is 61.8 Å². The molecule has 1 unspecified atom stereocenters. The van der Waals surface area contributed by atoms with E-state index in [0.29, 0.717) is 12.5 Å². The molecule has 2 saturated carbocycles. The number of carbonyl (C=O) groups is 1. The largest absolute Gasteiger partial charge is 0.393 e. The summed E-state index contributed by atoms with van der Waals surface area (Å²) in [5.41, 5.74) is 0.851. The Morgan fingerprint density at radius 3 is 2.68 bits per heavy atom. The maximum atomic E-state index is 13.0. The lowest BCUT2D eigenvalue weighted by atomic mass is 9.75. The third-order valence-electron chi connectivity index (χ3n) is 5.60. The van der Waals surface area contributed by atoms with Gasteiger partial charge in [-0.3, -0.25) is 14.5 Å². The van der Waals surface area contributed by atoms with Crippen LogP contribution in [0.2, 0.25) is 0 Å². The Morgan fingerprint density at radius 2 is 2.08 bits per heavy atom. The molecule has 4 rings (SSSR count). The molecule has 0 aromatic carbocycles. The van der Waals surface area contributed by atoms with E-state index >= 15 is 0 Å². The van der Waals surface area contributed by atoms with Crippen LogP contribution in [-0.4, -0.2) is 37.9 Å². The van der Waals surface area contributed by atoms with Crippen molar-refractivity contribution >= 4 is 5.91 Å². The summed E-state index contributed by atoms with van der Waals surface area (Å²) in [7, 11) is 0. The van der Waals surface area contributed by atoms with Crippen molar-refractivity contribution in [3.8, 4) is 0 Å². The van der Waals surface area contributed by atoms with Crippen molar-refractivity contribution in [3.63, 3.8) is 0 Å². The van der Waals surface area contributed by atoms with Crippen molar-refractivity contribution in [2.75, 3.05) is 0 Å². The van der Waals surface area contributed by atoms with E-state index in [9.17, 15) is 9.90 Å². The number of carbonyl (C=O) groups excluding carboxylic acids is 1. The van der Waals surface area contributed by atoms with Crippen molar-refractivity contribution in [1.82, 2.24) is 20.1 Å². The number of aliphatic hydroxyl groups excluding tert-OH is 1. The van der Waals surface area contributed by atoms with Gasteiger partial charge >= 0.3 is 0 Å². The van der Waals surface area contributed by atoms with Gasteiger partial charge in [0.05, 0.1) is 18.1 Å². The second-order valence-electron chi connectivity index (χ2n) is 7.51. The van der Waals surface area contributed by atoms with Gasteiger partial charge in [-0.25, -0.2) is 0 Å². The second kappa shape index (κ2) is 6.59. The quantitative estimate of drug-likeness (QED) is 0.801. The fraction of sp³-hybridized carbons (Fsp3) is 0.526. The van der Waals surface area contributed by atoms with Gasteiger partial charge in [0.25, 0.3) is 0 Å². The Kier molecular flexibility index (Phi) is 4.29. The van der Waals surface area contributed by atoms with Gasteiger partial charge < -0.3 is 10.4 Å². The Hall–Kier alpha value is -2.21. The number of rotatable bonds is 7. The maximum Gasteiger partial charge on any atom is 0.228 e. The zero-order chi connectivity index (χ0) is 17.3. The highest BCUT2D eigenvalue weighted by Crippen LogP contribution is 2.47. The van der Waals surface area contributed by atoms with Crippen LogP contribution in [-0.2, 0) is 17.8 Å². The summed E-state index contributed by atoms with van der Waals surface area (Å²) < 4.78 is 1.84. The van der Waals surface area contributed by atoms with E-state index < -0.39 is 0 Å². The number of nitrogens with zero attached hydrogens (tertiary/aromatic N) is 3. The van der Waals surface area contributed by atoms with E-state index in [-0.39, 0.29) is 23.5 Å². The van der Waals surface area contributed by atoms with Gasteiger partial charge in [-0.1, -0.05) is 0 Å². The van der Waals surface area contributed by atoms with Crippen LogP contribution < -0.4 is 5.32 Å². The van der Waals surface area contributed by atoms with Crippen molar-refractivity contribution < 1.29 is 9.90 Å². The van der Waals surface area contributed by atoms with Crippen LogP contribution in [0.15, 0.2) is 43.0 Å². The monoisotopic (exact) mass is 340 g/mol. The van der Waals surface area contributed by atoms with Gasteiger partial charge in [0.15, 0.2) is 0 Å². The van der Waals surface area contributed by atoms with E-state index in [0.717, 1.165) is 32.1 Å². The summed E-state index contributed by atoms with van der Waals surface area (Å²) in [5, 5.41) is 17.2. The van der Waals surface area contributed by atoms with Crippen LogP contribution >= 0.6 is 0 Å². The Bertz CT molecular complexity index is 706. The molecule has 2 aromatic rings. The molecule has 2 N–H and O–H groups in total. The lowest BCUT2D eigenvalue weighted by Gasteiger charge is -2.38. The van der Waals surface area contributed by atoms with Gasteiger partial charge in [0.2, 0.25) is 5.91 Å². The molecule has 132 valence electrons. The molecule has 2 aromatic heterocycles. The molecule has 2 heterocycles. The predicted molar refractivity (Wildman–Crippen MR) is 92.5 cm³/mol. The van der Waals surface area contributed by atoms with Crippen LogP contribution in [0.3, 0.4) is 0 Å². The molecule has 0 spiro atoms. The van der Waals surface area contributed by atoms with Crippen LogP contribution in [0.5, 0.6) is 0 Å². The molecule has 1 amide bonds. The van der Waals surface area contributed by atoms with Crippen LogP contribution in [0.1, 0.15) is 31.2 Å². The third kappa shape index (κ3) is 3.58. The van der Waals surface area contributed by atoms with Gasteiger partial charge in [0, 0.05) is 30.8 Å². The molecule has 6 heteroatoms. The molecular formula is C19H24N4O2. The summed E-state index contributed by atoms with van der Waals surface area (Å²) in [5.74, 6) is 0.469. The third-order valence-corrected chi connectivity index (χ3v) is 5.60. The zero-order valence-corrected chi connectivity index (χ0v) is 14.2. The first kappa shape index (κ1) is 16.3. The summed E-state index contributed by atoms with van der Waals surface area (Å²) in [6, 6.07) is 5.93. The molecule has 0 aliphatic heterocycles. The summed E-state index contributed by atoms with van der Waals surface area (Å²) >= 11 is 0. The number of pyridine rings is 1. The van der Waals surface area contributed by atoms with Crippen LogP contribution in [0.25, 0.3) is 0 Å². The minimum absolute atomic E-state index is 0.0633. The van der Waals surface area contributed by atoms with E-state index in [2.05, 4.69) is 15.4 Å². The van der Waals surface area contributed by atoms with Crippen molar-refractivity contribution in [3.05, 3.63) is 48.5 Å². The molecule has 25 heavy (non-hydrogen) atoms. The van der Waals surface area contributed by atoms with Gasteiger partial charge in [0.1, 0.15) is 0 Å². The number of aromatic nitrogens is 3. The standard InChI is InChI=1S/C19H24N4O2/c24-16-11-15(12-16)17(10-14-2-7-20-8-3-14)22-18(25)19(4-5-19)13-23-9-1-6-21-23/h1-3,6-9,15-17,24H,4-5,10-13H2,(H,22,25). The number of hydrogen-bond acceptors (Lipinski definition) is 4. The Labute approximate surface area is 147 Å². The highest BCUT2D eigenvalue weighted by Gasteiger charge is 2.51. The number of hydrogen-bond donors (Lipinski definition) is 2. The molecule has 0 bridgehead atoms. The summed E-state index contributed by atoms with van der Waals surface area (Å²) in [6.45, 7) is 0.640. The van der Waals surface area contributed by atoms with E-state index in [1.54, 1.807) is 18.6 Å². The average Bonchev–Trinajstić information content (AvgIpc) is 3.19. The topological polar surface area (TPSA) is 80.0 Å². The SMILES string of the molecule is O=C(NC(Cc1ccncc1)C1CC(O)C1)C1(Cn2cccn2)CC1. The normalized spacial score (nSPS) is 25.0. The summed E-state index contributed by atoms with van der Waals surface area (Å²) in [6.07, 6.45) is 11.1. The van der Waals surface area contributed by atoms with Crippen molar-refractivity contribution in [2.24, 2.45) is 11.3 Å². The van der Waals surface area contributed by atoms with Crippen LogP contribution in [0.4, 0.5) is 0 Å². The fourth-order valence-corrected chi connectivity index (χ4v) is 3.70. The molecule has 0 saturated heterocycles. The second-order valence-corrected chi connectivity index (χ2v) is 7.51. The summed E-state index contributed by atoms with van der Waals surface area (Å²) in [4.78, 5) is 17.0. The van der Waals surface area contributed by atoms with Gasteiger partial charge in [-0.2, -0.15) is 5.10 Å². The highest BCUT2D eigenvalue weighted by molar-refractivity contribution is 5.85. The molecule has 6 nitrogen and oxygen atoms in total. The lowest BCUT2D eigenvalue weighted by molar-refractivity contribution is -0.128. The molecular weight excluding hydrogens is 316 g/mol. The smallest absolute Gasteiger partial charge is 0.228 e. The first-order valence-corrected chi connectivity index (χ1v) is 9.00. The highest BCUT2D eigenvalue weighted by atomic mass is 16.3. The molecule has 0 radical (unpaired) electrons. The minimum atomic E-state index is -0.315. The van der Waals surface area contributed by atoms with E-state index in [1.165, 1.54) is 5.56 Å². The zero-order valence-electron chi connectivity index (χ0n) is 14.2. The number of aliphatic hydroxyl groups is 1. The van der Waals surface area contributed by atoms with E-state index in [4.69, 9.17) is 0 Å². The number of amides is 1. The molecule has 1 atom stereocenters.